The lowest BCUT2D eigenvalue weighted by Gasteiger charge is -2.07. The molecule has 3 heteroatoms. The minimum absolute atomic E-state index is 0.782. The Hall–Kier alpha value is -0.120. The van der Waals surface area contributed by atoms with Crippen LogP contribution in [0.5, 0.6) is 0 Å². The lowest BCUT2D eigenvalue weighted by atomic mass is 10.1. The van der Waals surface area contributed by atoms with Crippen LogP contribution < -0.4 is 0 Å². The second-order valence-corrected chi connectivity index (χ2v) is 6.46. The van der Waals surface area contributed by atoms with E-state index >= 15 is 0 Å². The first-order chi connectivity index (χ1) is 7.90. The van der Waals surface area contributed by atoms with Crippen molar-refractivity contribution < 1.29 is 4.74 Å². The number of thioether (sulfide) groups is 2. The van der Waals surface area contributed by atoms with Gasteiger partial charge in [0.25, 0.3) is 0 Å². The standard InChI is InChI=1S/C13H18OS2/c1-14-7-4-8-15-10-12-9-11-5-2-3-6-13(11)16-12/h2-3,5-6,12H,4,7-10H2,1H3. The summed E-state index contributed by atoms with van der Waals surface area (Å²) >= 11 is 4.11. The molecule has 0 saturated carbocycles. The average molecular weight is 254 g/mol. The third-order valence-corrected chi connectivity index (χ3v) is 5.40. The van der Waals surface area contributed by atoms with Gasteiger partial charge in [-0.25, -0.2) is 0 Å². The fraction of sp³-hybridized carbons (Fsp3) is 0.538. The fourth-order valence-corrected chi connectivity index (χ4v) is 4.38. The van der Waals surface area contributed by atoms with Crippen molar-refractivity contribution in [2.24, 2.45) is 0 Å². The highest BCUT2D eigenvalue weighted by molar-refractivity contribution is 8.03. The second kappa shape index (κ2) is 6.58. The smallest absolute Gasteiger partial charge is 0.0470 e. The van der Waals surface area contributed by atoms with Crippen molar-refractivity contribution >= 4 is 23.5 Å². The topological polar surface area (TPSA) is 9.23 Å². The molecule has 2 rings (SSSR count). The van der Waals surface area contributed by atoms with Crippen molar-refractivity contribution in [2.75, 3.05) is 25.2 Å². The van der Waals surface area contributed by atoms with Gasteiger partial charge in [0.05, 0.1) is 0 Å². The Kier molecular flexibility index (Phi) is 5.07. The number of fused-ring (bicyclic) bond motifs is 1. The molecule has 1 aromatic rings. The molecule has 1 heterocycles. The van der Waals surface area contributed by atoms with Crippen molar-refractivity contribution in [2.45, 2.75) is 23.0 Å². The number of ether oxygens (including phenoxy) is 1. The van der Waals surface area contributed by atoms with Gasteiger partial charge in [-0.2, -0.15) is 11.8 Å². The summed E-state index contributed by atoms with van der Waals surface area (Å²) in [5, 5.41) is 0.782. The summed E-state index contributed by atoms with van der Waals surface area (Å²) in [6, 6.07) is 8.79. The largest absolute Gasteiger partial charge is 0.385 e. The quantitative estimate of drug-likeness (QED) is 0.719. The van der Waals surface area contributed by atoms with Crippen LogP contribution in [0.2, 0.25) is 0 Å². The van der Waals surface area contributed by atoms with Crippen LogP contribution in [0.15, 0.2) is 29.2 Å². The molecule has 1 nitrogen and oxygen atoms in total. The van der Waals surface area contributed by atoms with Crippen molar-refractivity contribution in [3.8, 4) is 0 Å². The Labute approximate surface area is 106 Å². The second-order valence-electron chi connectivity index (χ2n) is 3.97. The van der Waals surface area contributed by atoms with E-state index in [-0.39, 0.29) is 0 Å². The zero-order chi connectivity index (χ0) is 11.2. The molecule has 1 unspecified atom stereocenters. The molecule has 0 aromatic heterocycles. The number of benzene rings is 1. The maximum absolute atomic E-state index is 5.05. The molecule has 1 aromatic carbocycles. The lowest BCUT2D eigenvalue weighted by molar-refractivity contribution is 0.200. The minimum Gasteiger partial charge on any atom is -0.385 e. The molecule has 1 atom stereocenters. The molecule has 1 aliphatic rings. The van der Waals surface area contributed by atoms with Gasteiger partial charge in [-0.1, -0.05) is 18.2 Å². The molecular weight excluding hydrogens is 236 g/mol. The molecule has 0 amide bonds. The molecular formula is C13H18OS2. The normalized spacial score (nSPS) is 18.7. The molecule has 0 radical (unpaired) electrons. The first kappa shape index (κ1) is 12.3. The zero-order valence-electron chi connectivity index (χ0n) is 9.65. The van der Waals surface area contributed by atoms with Gasteiger partial charge < -0.3 is 4.74 Å². The van der Waals surface area contributed by atoms with Crippen LogP contribution in [-0.4, -0.2) is 30.5 Å². The van der Waals surface area contributed by atoms with Gasteiger partial charge >= 0.3 is 0 Å². The molecule has 0 bridgehead atoms. The van der Waals surface area contributed by atoms with E-state index in [4.69, 9.17) is 4.74 Å². The molecule has 0 saturated heterocycles. The highest BCUT2D eigenvalue weighted by Gasteiger charge is 2.21. The van der Waals surface area contributed by atoms with Crippen LogP contribution in [0.25, 0.3) is 0 Å². The van der Waals surface area contributed by atoms with E-state index < -0.39 is 0 Å². The first-order valence-corrected chi connectivity index (χ1v) is 7.75. The molecule has 0 N–H and O–H groups in total. The lowest BCUT2D eigenvalue weighted by Crippen LogP contribution is -2.05. The van der Waals surface area contributed by atoms with E-state index in [1.807, 2.05) is 11.8 Å². The summed E-state index contributed by atoms with van der Waals surface area (Å²) < 4.78 is 5.05. The number of hydrogen-bond acceptors (Lipinski definition) is 3. The summed E-state index contributed by atoms with van der Waals surface area (Å²) in [6.07, 6.45) is 2.42. The van der Waals surface area contributed by atoms with E-state index in [0.717, 1.165) is 11.9 Å². The summed E-state index contributed by atoms with van der Waals surface area (Å²) in [7, 11) is 1.77. The maximum Gasteiger partial charge on any atom is 0.0470 e. The van der Waals surface area contributed by atoms with Crippen molar-refractivity contribution in [3.63, 3.8) is 0 Å². The van der Waals surface area contributed by atoms with Gasteiger partial charge in [0, 0.05) is 29.6 Å². The summed E-state index contributed by atoms with van der Waals surface area (Å²) in [5.74, 6) is 2.49. The van der Waals surface area contributed by atoms with E-state index in [2.05, 4.69) is 36.0 Å². The number of methoxy groups -OCH3 is 1. The summed E-state index contributed by atoms with van der Waals surface area (Å²) in [5.41, 5.74) is 1.54. The highest BCUT2D eigenvalue weighted by atomic mass is 32.2. The monoisotopic (exact) mass is 254 g/mol. The van der Waals surface area contributed by atoms with Crippen LogP contribution in [0.4, 0.5) is 0 Å². The highest BCUT2D eigenvalue weighted by Crippen LogP contribution is 2.38. The Morgan fingerprint density at radius 1 is 1.44 bits per heavy atom. The Morgan fingerprint density at radius 2 is 2.31 bits per heavy atom. The first-order valence-electron chi connectivity index (χ1n) is 5.71. The predicted molar refractivity (Wildman–Crippen MR) is 73.6 cm³/mol. The van der Waals surface area contributed by atoms with Gasteiger partial charge in [-0.05, 0) is 30.2 Å². The molecule has 1 aliphatic heterocycles. The van der Waals surface area contributed by atoms with E-state index in [9.17, 15) is 0 Å². The Bertz CT molecular complexity index is 302. The third-order valence-electron chi connectivity index (χ3n) is 2.65. The van der Waals surface area contributed by atoms with Gasteiger partial charge in [-0.15, -0.1) is 11.8 Å². The van der Waals surface area contributed by atoms with Gasteiger partial charge in [0.2, 0.25) is 0 Å². The Morgan fingerprint density at radius 3 is 3.12 bits per heavy atom. The molecule has 0 spiro atoms. The number of rotatable bonds is 6. The van der Waals surface area contributed by atoms with Crippen LogP contribution in [0, 0.1) is 0 Å². The molecule has 0 fully saturated rings. The van der Waals surface area contributed by atoms with Gasteiger partial charge in [-0.3, -0.25) is 0 Å². The minimum atomic E-state index is 0.782. The van der Waals surface area contributed by atoms with Crippen molar-refractivity contribution in [1.29, 1.82) is 0 Å². The SMILES string of the molecule is COCCCSCC1Cc2ccccc2S1. The number of hydrogen-bond donors (Lipinski definition) is 0. The van der Waals surface area contributed by atoms with Crippen LogP contribution in [0.3, 0.4) is 0 Å². The maximum atomic E-state index is 5.05. The molecule has 0 aliphatic carbocycles. The van der Waals surface area contributed by atoms with E-state index in [1.54, 1.807) is 7.11 Å². The van der Waals surface area contributed by atoms with Crippen molar-refractivity contribution in [3.05, 3.63) is 29.8 Å². The van der Waals surface area contributed by atoms with Crippen molar-refractivity contribution in [1.82, 2.24) is 0 Å². The predicted octanol–water partition coefficient (Wildman–Crippen LogP) is 3.47. The van der Waals surface area contributed by atoms with Crippen LogP contribution >= 0.6 is 23.5 Å². The van der Waals surface area contributed by atoms with Gasteiger partial charge in [0.1, 0.15) is 0 Å². The summed E-state index contributed by atoms with van der Waals surface area (Å²) in [6.45, 7) is 0.894. The zero-order valence-corrected chi connectivity index (χ0v) is 11.3. The average Bonchev–Trinajstić information content (AvgIpc) is 2.71. The summed E-state index contributed by atoms with van der Waals surface area (Å²) in [4.78, 5) is 1.49. The molecule has 88 valence electrons. The third kappa shape index (κ3) is 3.44. The van der Waals surface area contributed by atoms with E-state index in [0.29, 0.717) is 0 Å². The fourth-order valence-electron chi connectivity index (χ4n) is 1.87. The van der Waals surface area contributed by atoms with E-state index in [1.165, 1.54) is 34.8 Å². The van der Waals surface area contributed by atoms with Crippen LogP contribution in [-0.2, 0) is 11.2 Å². The Balaban J connectivity index is 1.67. The van der Waals surface area contributed by atoms with Crippen LogP contribution in [0.1, 0.15) is 12.0 Å². The molecule has 16 heavy (non-hydrogen) atoms. The van der Waals surface area contributed by atoms with Gasteiger partial charge in [0.15, 0.2) is 0 Å².